The summed E-state index contributed by atoms with van der Waals surface area (Å²) in [5, 5.41) is 12.0. The van der Waals surface area contributed by atoms with E-state index in [-0.39, 0.29) is 23.9 Å². The third-order valence-electron chi connectivity index (χ3n) is 6.91. The van der Waals surface area contributed by atoms with E-state index >= 15 is 0 Å². The average molecular weight is 513 g/mol. The Morgan fingerprint density at radius 1 is 0.921 bits per heavy atom. The number of hydrogen-bond acceptors (Lipinski definition) is 6. The number of nitriles is 1. The van der Waals surface area contributed by atoms with Crippen LogP contribution < -0.4 is 20.5 Å². The van der Waals surface area contributed by atoms with Crippen molar-refractivity contribution in [1.82, 2.24) is 4.90 Å². The molecule has 196 valence electrons. The van der Waals surface area contributed by atoms with Gasteiger partial charge in [-0.3, -0.25) is 9.59 Å². The van der Waals surface area contributed by atoms with Crippen LogP contribution in [0.5, 0.6) is 11.5 Å². The molecule has 0 aromatic heterocycles. The highest BCUT2D eigenvalue weighted by molar-refractivity contribution is 6.04. The van der Waals surface area contributed by atoms with Crippen molar-refractivity contribution < 1.29 is 19.1 Å². The first-order valence-electron chi connectivity index (χ1n) is 12.6. The molecule has 4 rings (SSSR count). The summed E-state index contributed by atoms with van der Waals surface area (Å²) in [7, 11) is 3.07. The highest BCUT2D eigenvalue weighted by Gasteiger charge is 2.28. The molecule has 0 aliphatic heterocycles. The van der Waals surface area contributed by atoms with Gasteiger partial charge in [0, 0.05) is 35.4 Å². The van der Waals surface area contributed by atoms with Crippen LogP contribution in [0.4, 0.5) is 5.69 Å². The fourth-order valence-corrected chi connectivity index (χ4v) is 4.70. The highest BCUT2D eigenvalue weighted by Crippen LogP contribution is 2.28. The molecule has 1 aliphatic rings. The van der Waals surface area contributed by atoms with E-state index < -0.39 is 0 Å². The summed E-state index contributed by atoms with van der Waals surface area (Å²) in [6.45, 7) is 0.433. The fourth-order valence-electron chi connectivity index (χ4n) is 4.70. The number of nitrogens with two attached hydrogens (primary N) is 1. The summed E-state index contributed by atoms with van der Waals surface area (Å²) in [6.07, 6.45) is 3.46. The Morgan fingerprint density at radius 3 is 2.16 bits per heavy atom. The van der Waals surface area contributed by atoms with E-state index in [2.05, 4.69) is 11.4 Å². The number of nitrogens with zero attached hydrogens (tertiary/aromatic N) is 2. The summed E-state index contributed by atoms with van der Waals surface area (Å²) in [4.78, 5) is 28.2. The third kappa shape index (κ3) is 6.31. The first-order chi connectivity index (χ1) is 18.4. The van der Waals surface area contributed by atoms with Gasteiger partial charge in [0.05, 0.1) is 25.9 Å². The molecule has 0 radical (unpaired) electrons. The maximum atomic E-state index is 13.5. The van der Waals surface area contributed by atoms with Gasteiger partial charge >= 0.3 is 0 Å². The van der Waals surface area contributed by atoms with Gasteiger partial charge in [0.25, 0.3) is 11.8 Å². The summed E-state index contributed by atoms with van der Waals surface area (Å²) in [6, 6.07) is 21.6. The molecule has 1 aliphatic carbocycles. The minimum absolute atomic E-state index is 0.0687. The average Bonchev–Trinajstić information content (AvgIpc) is 2.96. The Balaban J connectivity index is 1.48. The molecule has 0 saturated heterocycles. The first-order valence-corrected chi connectivity index (χ1v) is 12.6. The van der Waals surface area contributed by atoms with Crippen molar-refractivity contribution in [1.29, 1.82) is 5.26 Å². The molecule has 2 amide bonds. The number of nitrogens with one attached hydrogen (secondary N) is 1. The van der Waals surface area contributed by atoms with E-state index in [1.54, 1.807) is 49.6 Å². The van der Waals surface area contributed by atoms with Crippen molar-refractivity contribution >= 4 is 17.5 Å². The maximum absolute atomic E-state index is 13.5. The molecular weight excluding hydrogens is 480 g/mol. The van der Waals surface area contributed by atoms with Crippen LogP contribution in [-0.4, -0.2) is 43.0 Å². The Hall–Kier alpha value is -4.35. The molecule has 1 saturated carbocycles. The standard InChI is InChI=1S/C30H32N4O4/c1-37-27-16-9-23(17-28(27)38-2)29(35)33-25-12-5-21(6-13-25)19-34(26-14-10-24(32)11-15-26)30(36)22-7-3-20(18-31)4-8-22/h3-9,12-13,16-17,24,26H,10-11,14-15,19,32H2,1-2H3,(H,33,35). The van der Waals surface area contributed by atoms with Gasteiger partial charge in [-0.1, -0.05) is 12.1 Å². The lowest BCUT2D eigenvalue weighted by Gasteiger charge is -2.36. The van der Waals surface area contributed by atoms with Gasteiger partial charge < -0.3 is 25.4 Å². The Kier molecular flexibility index (Phi) is 8.62. The van der Waals surface area contributed by atoms with E-state index in [1.165, 1.54) is 7.11 Å². The maximum Gasteiger partial charge on any atom is 0.255 e. The quantitative estimate of drug-likeness (QED) is 0.450. The zero-order chi connectivity index (χ0) is 27.1. The topological polar surface area (TPSA) is 118 Å². The van der Waals surface area contributed by atoms with Gasteiger partial charge in [-0.2, -0.15) is 5.26 Å². The van der Waals surface area contributed by atoms with Crippen LogP contribution in [0.15, 0.2) is 66.7 Å². The molecular formula is C30H32N4O4. The fraction of sp³-hybridized carbons (Fsp3) is 0.300. The van der Waals surface area contributed by atoms with Gasteiger partial charge in [0.2, 0.25) is 0 Å². The van der Waals surface area contributed by atoms with Crippen LogP contribution in [0.1, 0.15) is 57.5 Å². The van der Waals surface area contributed by atoms with Crippen molar-refractivity contribution in [2.45, 2.75) is 44.3 Å². The van der Waals surface area contributed by atoms with Gasteiger partial charge in [-0.05, 0) is 85.8 Å². The van der Waals surface area contributed by atoms with Crippen LogP contribution in [-0.2, 0) is 6.54 Å². The highest BCUT2D eigenvalue weighted by atomic mass is 16.5. The van der Waals surface area contributed by atoms with E-state index in [4.69, 9.17) is 20.5 Å². The van der Waals surface area contributed by atoms with E-state index in [1.807, 2.05) is 29.2 Å². The number of anilines is 1. The van der Waals surface area contributed by atoms with E-state index in [0.29, 0.717) is 40.4 Å². The molecule has 0 atom stereocenters. The van der Waals surface area contributed by atoms with Crippen molar-refractivity contribution in [2.24, 2.45) is 5.73 Å². The second-order valence-electron chi connectivity index (χ2n) is 9.41. The van der Waals surface area contributed by atoms with Crippen molar-refractivity contribution in [3.05, 3.63) is 89.0 Å². The molecule has 0 spiro atoms. The first kappa shape index (κ1) is 26.7. The molecule has 38 heavy (non-hydrogen) atoms. The lowest BCUT2D eigenvalue weighted by molar-refractivity contribution is 0.0606. The van der Waals surface area contributed by atoms with Gasteiger partial charge in [0.1, 0.15) is 0 Å². The van der Waals surface area contributed by atoms with Crippen LogP contribution >= 0.6 is 0 Å². The van der Waals surface area contributed by atoms with Crippen LogP contribution in [0, 0.1) is 11.3 Å². The smallest absolute Gasteiger partial charge is 0.255 e. The minimum Gasteiger partial charge on any atom is -0.493 e. The minimum atomic E-state index is -0.269. The number of carbonyl (C=O) groups is 2. The number of benzene rings is 3. The van der Waals surface area contributed by atoms with Crippen LogP contribution in [0.25, 0.3) is 0 Å². The number of amides is 2. The van der Waals surface area contributed by atoms with Crippen LogP contribution in [0.3, 0.4) is 0 Å². The lowest BCUT2D eigenvalue weighted by Crippen LogP contribution is -2.43. The Bertz CT molecular complexity index is 1310. The van der Waals surface area contributed by atoms with Crippen LogP contribution in [0.2, 0.25) is 0 Å². The Labute approximate surface area is 223 Å². The predicted molar refractivity (Wildman–Crippen MR) is 145 cm³/mol. The van der Waals surface area contributed by atoms with Gasteiger partial charge in [-0.25, -0.2) is 0 Å². The van der Waals surface area contributed by atoms with Crippen molar-refractivity contribution in [3.63, 3.8) is 0 Å². The van der Waals surface area contributed by atoms with Gasteiger partial charge in [0.15, 0.2) is 11.5 Å². The number of rotatable bonds is 8. The molecule has 8 heteroatoms. The number of methoxy groups -OCH3 is 2. The molecule has 3 aromatic rings. The lowest BCUT2D eigenvalue weighted by atomic mass is 9.90. The molecule has 3 N–H and O–H groups in total. The molecule has 0 unspecified atom stereocenters. The zero-order valence-corrected chi connectivity index (χ0v) is 21.6. The summed E-state index contributed by atoms with van der Waals surface area (Å²) in [5.74, 6) is 0.690. The SMILES string of the molecule is COc1ccc(C(=O)Nc2ccc(CN(C(=O)c3ccc(C#N)cc3)C3CCC(N)CC3)cc2)cc1OC. The summed E-state index contributed by atoms with van der Waals surface area (Å²) >= 11 is 0. The predicted octanol–water partition coefficient (Wildman–Crippen LogP) is 4.74. The largest absolute Gasteiger partial charge is 0.493 e. The summed E-state index contributed by atoms with van der Waals surface area (Å²) < 4.78 is 10.5. The van der Waals surface area contributed by atoms with Crippen molar-refractivity contribution in [3.8, 4) is 17.6 Å². The molecule has 3 aromatic carbocycles. The Morgan fingerprint density at radius 2 is 1.55 bits per heavy atom. The van der Waals surface area contributed by atoms with E-state index in [0.717, 1.165) is 31.2 Å². The molecule has 0 bridgehead atoms. The molecule has 1 fully saturated rings. The van der Waals surface area contributed by atoms with Crippen molar-refractivity contribution in [2.75, 3.05) is 19.5 Å². The second-order valence-corrected chi connectivity index (χ2v) is 9.41. The number of ether oxygens (including phenoxy) is 2. The monoisotopic (exact) mass is 512 g/mol. The third-order valence-corrected chi connectivity index (χ3v) is 6.91. The summed E-state index contributed by atoms with van der Waals surface area (Å²) in [5.41, 5.74) is 9.22. The normalized spacial score (nSPS) is 16.7. The molecule has 0 heterocycles. The van der Waals surface area contributed by atoms with E-state index in [9.17, 15) is 9.59 Å². The number of carbonyl (C=O) groups excluding carboxylic acids is 2. The number of hydrogen-bond donors (Lipinski definition) is 2. The molecule has 8 nitrogen and oxygen atoms in total. The van der Waals surface area contributed by atoms with Gasteiger partial charge in [-0.15, -0.1) is 0 Å². The zero-order valence-electron chi connectivity index (χ0n) is 21.6. The second kappa shape index (κ2) is 12.3.